The van der Waals surface area contributed by atoms with Gasteiger partial charge in [-0.3, -0.25) is 4.90 Å². The van der Waals surface area contributed by atoms with Crippen molar-refractivity contribution in [2.45, 2.75) is 90.4 Å². The van der Waals surface area contributed by atoms with Crippen LogP contribution in [0.25, 0.3) is 16.7 Å². The number of phenols is 1. The number of piperidine rings is 1. The second kappa shape index (κ2) is 10.0. The van der Waals surface area contributed by atoms with Gasteiger partial charge in [-0.25, -0.2) is 4.79 Å². The fourth-order valence-electron chi connectivity index (χ4n) is 6.02. The van der Waals surface area contributed by atoms with Crippen LogP contribution in [0.1, 0.15) is 82.8 Å². The highest BCUT2D eigenvalue weighted by Crippen LogP contribution is 2.41. The fourth-order valence-corrected chi connectivity index (χ4v) is 6.02. The van der Waals surface area contributed by atoms with Crippen LogP contribution < -0.4 is 0 Å². The Hall–Kier alpha value is -3.71. The van der Waals surface area contributed by atoms with Crippen molar-refractivity contribution in [3.05, 3.63) is 83.4 Å². The topological polar surface area (TPSA) is 80.5 Å². The summed E-state index contributed by atoms with van der Waals surface area (Å²) in [6.45, 7) is 16.1. The molecule has 0 saturated carbocycles. The smallest absolute Gasteiger partial charge is 0.338 e. The van der Waals surface area contributed by atoms with Crippen molar-refractivity contribution in [3.63, 3.8) is 0 Å². The molecule has 0 aliphatic carbocycles. The lowest BCUT2D eigenvalue weighted by atomic mass is 9.77. The summed E-state index contributed by atoms with van der Waals surface area (Å²) < 4.78 is 6.10. The molecule has 1 N–H and O–H groups in total. The van der Waals surface area contributed by atoms with E-state index in [0.717, 1.165) is 24.9 Å². The average Bonchev–Trinajstić information content (AvgIpc) is 3.29. The van der Waals surface area contributed by atoms with Gasteiger partial charge in [0.2, 0.25) is 0 Å². The summed E-state index contributed by atoms with van der Waals surface area (Å²) in [5, 5.41) is 19.6. The van der Waals surface area contributed by atoms with Crippen molar-refractivity contribution < 1.29 is 14.6 Å². The molecular formula is C33H40N4O3. The second-order valence-corrected chi connectivity index (χ2v) is 13.3. The van der Waals surface area contributed by atoms with Crippen LogP contribution in [0.2, 0.25) is 0 Å². The molecular weight excluding hydrogens is 500 g/mol. The number of benzene rings is 3. The number of fused-ring (bicyclic) bond motifs is 1. The number of hydrogen-bond acceptors (Lipinski definition) is 6. The third kappa shape index (κ3) is 5.61. The first kappa shape index (κ1) is 27.8. The van der Waals surface area contributed by atoms with Gasteiger partial charge in [-0.2, -0.15) is 0 Å². The molecule has 210 valence electrons. The molecule has 1 aliphatic heterocycles. The summed E-state index contributed by atoms with van der Waals surface area (Å²) in [5.74, 6) is -0.265. The van der Waals surface area contributed by atoms with Crippen molar-refractivity contribution >= 4 is 17.0 Å². The molecule has 1 aromatic heterocycles. The lowest BCUT2D eigenvalue weighted by Gasteiger charge is -2.55. The monoisotopic (exact) mass is 540 g/mol. The van der Waals surface area contributed by atoms with Crippen LogP contribution in [-0.4, -0.2) is 48.2 Å². The van der Waals surface area contributed by atoms with Crippen molar-refractivity contribution in [3.8, 4) is 11.4 Å². The Bertz CT molecular complexity index is 1510. The SMILES string of the molecule is CC(C)(C)c1ccc(O)c(-n2nc3ccc(C(=O)OC4CC(C)(C)N(Cc5ccccc5)C(C)(C)C4)cc3n2)c1. The van der Waals surface area contributed by atoms with E-state index in [1.165, 1.54) is 10.4 Å². The molecule has 40 heavy (non-hydrogen) atoms. The minimum Gasteiger partial charge on any atom is -0.506 e. The summed E-state index contributed by atoms with van der Waals surface area (Å²) in [5.41, 5.74) is 4.08. The van der Waals surface area contributed by atoms with Crippen LogP contribution in [0.15, 0.2) is 66.7 Å². The summed E-state index contributed by atoms with van der Waals surface area (Å²) in [4.78, 5) is 17.3. The molecule has 4 aromatic rings. The minimum atomic E-state index is -0.359. The van der Waals surface area contributed by atoms with E-state index in [1.54, 1.807) is 24.3 Å². The number of rotatable bonds is 5. The third-order valence-corrected chi connectivity index (χ3v) is 8.05. The Kier molecular flexibility index (Phi) is 6.99. The second-order valence-electron chi connectivity index (χ2n) is 13.3. The lowest BCUT2D eigenvalue weighted by molar-refractivity contribution is -0.0919. The van der Waals surface area contributed by atoms with Crippen molar-refractivity contribution in [1.82, 2.24) is 19.9 Å². The van der Waals surface area contributed by atoms with Gasteiger partial charge in [0, 0.05) is 30.5 Å². The van der Waals surface area contributed by atoms with Crippen molar-refractivity contribution in [2.75, 3.05) is 0 Å². The first-order valence-electron chi connectivity index (χ1n) is 14.0. The molecule has 0 amide bonds. The maximum Gasteiger partial charge on any atom is 0.338 e. The number of aromatic nitrogens is 3. The van der Waals surface area contributed by atoms with Crippen LogP contribution in [0, 0.1) is 0 Å². The zero-order valence-corrected chi connectivity index (χ0v) is 24.6. The third-order valence-electron chi connectivity index (χ3n) is 8.05. The molecule has 1 aliphatic rings. The van der Waals surface area contributed by atoms with Gasteiger partial charge in [-0.15, -0.1) is 15.0 Å². The number of hydrogen-bond donors (Lipinski definition) is 1. The van der Waals surface area contributed by atoms with E-state index in [9.17, 15) is 9.90 Å². The van der Waals surface area contributed by atoms with Gasteiger partial charge < -0.3 is 9.84 Å². The number of likely N-dealkylation sites (tertiary alicyclic amines) is 1. The Labute approximate surface area is 236 Å². The van der Waals surface area contributed by atoms with E-state index in [0.29, 0.717) is 22.3 Å². The Morgan fingerprint density at radius 2 is 1.57 bits per heavy atom. The van der Waals surface area contributed by atoms with Crippen molar-refractivity contribution in [1.29, 1.82) is 0 Å². The maximum atomic E-state index is 13.3. The van der Waals surface area contributed by atoms with Crippen LogP contribution in [0.5, 0.6) is 5.75 Å². The number of phenolic OH excluding ortho intramolecular Hbond substituents is 1. The van der Waals surface area contributed by atoms with E-state index >= 15 is 0 Å². The highest BCUT2D eigenvalue weighted by atomic mass is 16.5. The molecule has 2 heterocycles. The van der Waals surface area contributed by atoms with E-state index in [1.807, 2.05) is 18.2 Å². The molecule has 0 bridgehead atoms. The Morgan fingerprint density at radius 3 is 2.23 bits per heavy atom. The highest BCUT2D eigenvalue weighted by Gasteiger charge is 2.46. The summed E-state index contributed by atoms with van der Waals surface area (Å²) in [6.07, 6.45) is 1.29. The van der Waals surface area contributed by atoms with Gasteiger partial charge in [0.15, 0.2) is 0 Å². The lowest BCUT2D eigenvalue weighted by Crippen LogP contribution is -2.61. The molecule has 7 nitrogen and oxygen atoms in total. The number of ether oxygens (including phenoxy) is 1. The van der Waals surface area contributed by atoms with Gasteiger partial charge in [-0.1, -0.05) is 57.2 Å². The maximum absolute atomic E-state index is 13.3. The molecule has 0 radical (unpaired) electrons. The molecule has 1 fully saturated rings. The van der Waals surface area contributed by atoms with Crippen LogP contribution >= 0.6 is 0 Å². The molecule has 5 rings (SSSR count). The first-order chi connectivity index (χ1) is 18.7. The molecule has 0 atom stereocenters. The predicted molar refractivity (Wildman–Crippen MR) is 158 cm³/mol. The molecule has 1 saturated heterocycles. The van der Waals surface area contributed by atoms with Gasteiger partial charge in [-0.05, 0) is 74.6 Å². The standard InChI is InChI=1S/C33H40N4O3/c1-31(2,3)24-14-16-29(38)28(18-24)37-34-26-15-13-23(17-27(26)35-37)30(39)40-25-19-32(4,5)36(33(6,7)20-25)21-22-11-9-8-10-12-22/h8-18,25,38H,19-21H2,1-7H3. The average molecular weight is 541 g/mol. The highest BCUT2D eigenvalue weighted by molar-refractivity contribution is 5.93. The molecule has 3 aromatic carbocycles. The Balaban J connectivity index is 1.34. The van der Waals surface area contributed by atoms with Crippen molar-refractivity contribution in [2.24, 2.45) is 0 Å². The van der Waals surface area contributed by atoms with E-state index in [2.05, 4.69) is 87.8 Å². The largest absolute Gasteiger partial charge is 0.506 e. The summed E-state index contributed by atoms with van der Waals surface area (Å²) in [6, 6.07) is 21.2. The van der Waals surface area contributed by atoms with Gasteiger partial charge >= 0.3 is 5.97 Å². The zero-order valence-electron chi connectivity index (χ0n) is 24.6. The number of aromatic hydroxyl groups is 1. The van der Waals surface area contributed by atoms with E-state index in [4.69, 9.17) is 4.74 Å². The molecule has 0 unspecified atom stereocenters. The van der Waals surface area contributed by atoms with Crippen LogP contribution in [0.4, 0.5) is 0 Å². The zero-order chi connectivity index (χ0) is 28.9. The predicted octanol–water partition coefficient (Wildman–Crippen LogP) is 6.80. The number of carbonyl (C=O) groups excluding carboxylic acids is 1. The quantitative estimate of drug-likeness (QED) is 0.280. The number of carbonyl (C=O) groups is 1. The number of nitrogens with zero attached hydrogens (tertiary/aromatic N) is 4. The Morgan fingerprint density at radius 1 is 0.925 bits per heavy atom. The summed E-state index contributed by atoms with van der Waals surface area (Å²) in [7, 11) is 0. The van der Waals surface area contributed by atoms with Gasteiger partial charge in [0.1, 0.15) is 28.6 Å². The van der Waals surface area contributed by atoms with Gasteiger partial charge in [0.25, 0.3) is 0 Å². The normalized spacial score (nSPS) is 17.7. The van der Waals surface area contributed by atoms with Gasteiger partial charge in [0.05, 0.1) is 5.56 Å². The van der Waals surface area contributed by atoms with E-state index in [-0.39, 0.29) is 34.3 Å². The van der Waals surface area contributed by atoms with Crippen LogP contribution in [0.3, 0.4) is 0 Å². The van der Waals surface area contributed by atoms with Crippen LogP contribution in [-0.2, 0) is 16.7 Å². The molecule has 7 heteroatoms. The molecule has 0 spiro atoms. The number of esters is 1. The van der Waals surface area contributed by atoms with E-state index < -0.39 is 0 Å². The fraction of sp³-hybridized carbons (Fsp3) is 0.424. The summed E-state index contributed by atoms with van der Waals surface area (Å²) >= 11 is 0. The first-order valence-corrected chi connectivity index (χ1v) is 14.0. The minimum absolute atomic E-state index is 0.0905.